The van der Waals surface area contributed by atoms with E-state index in [0.29, 0.717) is 11.1 Å². The second-order valence-corrected chi connectivity index (χ2v) is 2.71. The minimum atomic E-state index is -0.450. The summed E-state index contributed by atoms with van der Waals surface area (Å²) in [6, 6.07) is 6.65. The van der Waals surface area contributed by atoms with Gasteiger partial charge < -0.3 is 9.84 Å². The van der Waals surface area contributed by atoms with E-state index in [4.69, 9.17) is 0 Å². The average molecular weight is 192 g/mol. The number of methoxy groups -OCH3 is 1. The van der Waals surface area contributed by atoms with Crippen LogP contribution in [-0.4, -0.2) is 18.2 Å². The van der Waals surface area contributed by atoms with Crippen molar-refractivity contribution >= 4 is 11.5 Å². The Bertz CT molecular complexity index is 367. The predicted molar refractivity (Wildman–Crippen MR) is 53.8 cm³/mol. The van der Waals surface area contributed by atoms with Crippen molar-refractivity contribution in [2.45, 2.75) is 6.92 Å². The maximum absolute atomic E-state index is 11.3. The fraction of sp³-hybridized carbons (Fsp3) is 0.182. The summed E-state index contributed by atoms with van der Waals surface area (Å²) < 4.78 is 4.59. The molecule has 0 bridgehead atoms. The van der Waals surface area contributed by atoms with E-state index in [1.54, 1.807) is 31.2 Å². The first-order chi connectivity index (χ1) is 6.70. The van der Waals surface area contributed by atoms with E-state index < -0.39 is 5.97 Å². The molecule has 74 valence electrons. The van der Waals surface area contributed by atoms with Gasteiger partial charge in [-0.2, -0.15) is 0 Å². The third-order valence-corrected chi connectivity index (χ3v) is 1.89. The van der Waals surface area contributed by atoms with E-state index >= 15 is 0 Å². The van der Waals surface area contributed by atoms with Gasteiger partial charge in [0.2, 0.25) is 0 Å². The van der Waals surface area contributed by atoms with Gasteiger partial charge in [-0.15, -0.1) is 0 Å². The van der Waals surface area contributed by atoms with Crippen molar-refractivity contribution in [1.82, 2.24) is 0 Å². The molecule has 0 spiro atoms. The normalized spacial score (nSPS) is 11.1. The Labute approximate surface area is 82.6 Å². The molecule has 0 saturated carbocycles. The minimum Gasteiger partial charge on any atom is -0.507 e. The minimum absolute atomic E-state index is 0.0750. The van der Waals surface area contributed by atoms with E-state index in [2.05, 4.69) is 4.74 Å². The largest absolute Gasteiger partial charge is 0.507 e. The number of para-hydroxylation sites is 1. The Morgan fingerprint density at radius 3 is 2.57 bits per heavy atom. The SMILES string of the molecule is CC=C(C(=O)OC)c1ccccc1O. The molecule has 3 heteroatoms. The number of ether oxygens (including phenoxy) is 1. The Hall–Kier alpha value is -1.77. The molecule has 1 N–H and O–H groups in total. The van der Waals surface area contributed by atoms with Crippen LogP contribution in [0.2, 0.25) is 0 Å². The van der Waals surface area contributed by atoms with Crippen LogP contribution in [0.3, 0.4) is 0 Å². The molecule has 1 aromatic carbocycles. The zero-order valence-electron chi connectivity index (χ0n) is 8.15. The summed E-state index contributed by atoms with van der Waals surface area (Å²) >= 11 is 0. The van der Waals surface area contributed by atoms with Gasteiger partial charge in [-0.1, -0.05) is 24.3 Å². The van der Waals surface area contributed by atoms with E-state index in [-0.39, 0.29) is 5.75 Å². The van der Waals surface area contributed by atoms with Crippen LogP contribution in [0.4, 0.5) is 0 Å². The van der Waals surface area contributed by atoms with Crippen molar-refractivity contribution in [3.05, 3.63) is 35.9 Å². The molecule has 3 nitrogen and oxygen atoms in total. The second kappa shape index (κ2) is 4.46. The molecule has 0 unspecified atom stereocenters. The number of hydrogen-bond donors (Lipinski definition) is 1. The molecule has 0 heterocycles. The summed E-state index contributed by atoms with van der Waals surface area (Å²) in [5.41, 5.74) is 0.854. The fourth-order valence-electron chi connectivity index (χ4n) is 1.19. The highest BCUT2D eigenvalue weighted by molar-refractivity contribution is 6.17. The molecule has 0 aromatic heterocycles. The van der Waals surface area contributed by atoms with Crippen molar-refractivity contribution < 1.29 is 14.6 Å². The highest BCUT2D eigenvalue weighted by Gasteiger charge is 2.13. The monoisotopic (exact) mass is 192 g/mol. The van der Waals surface area contributed by atoms with Gasteiger partial charge in [0.05, 0.1) is 12.7 Å². The quantitative estimate of drug-likeness (QED) is 0.575. The number of allylic oxidation sites excluding steroid dienone is 1. The van der Waals surface area contributed by atoms with Gasteiger partial charge in [0.1, 0.15) is 5.75 Å². The van der Waals surface area contributed by atoms with E-state index in [1.807, 2.05) is 0 Å². The average Bonchev–Trinajstić information content (AvgIpc) is 2.21. The lowest BCUT2D eigenvalue weighted by Crippen LogP contribution is -2.03. The summed E-state index contributed by atoms with van der Waals surface area (Å²) in [5, 5.41) is 9.51. The van der Waals surface area contributed by atoms with Crippen molar-refractivity contribution in [2.24, 2.45) is 0 Å². The Kier molecular flexibility index (Phi) is 3.29. The first-order valence-corrected chi connectivity index (χ1v) is 4.23. The second-order valence-electron chi connectivity index (χ2n) is 2.71. The molecule has 14 heavy (non-hydrogen) atoms. The molecule has 1 rings (SSSR count). The lowest BCUT2D eigenvalue weighted by molar-refractivity contribution is -0.133. The lowest BCUT2D eigenvalue weighted by Gasteiger charge is -2.06. The van der Waals surface area contributed by atoms with Crippen LogP contribution >= 0.6 is 0 Å². The summed E-state index contributed by atoms with van der Waals surface area (Å²) in [6.07, 6.45) is 1.61. The molecular formula is C11H12O3. The first kappa shape index (κ1) is 10.3. The number of phenolic OH excluding ortho intramolecular Hbond substituents is 1. The molecular weight excluding hydrogens is 180 g/mol. The first-order valence-electron chi connectivity index (χ1n) is 4.23. The zero-order chi connectivity index (χ0) is 10.6. The van der Waals surface area contributed by atoms with Crippen LogP contribution in [0, 0.1) is 0 Å². The number of hydrogen-bond acceptors (Lipinski definition) is 3. The maximum Gasteiger partial charge on any atom is 0.338 e. The number of carbonyl (C=O) groups is 1. The number of benzene rings is 1. The number of phenols is 1. The third kappa shape index (κ3) is 1.93. The molecule has 0 saturated heterocycles. The van der Waals surface area contributed by atoms with Gasteiger partial charge in [-0.05, 0) is 13.0 Å². The molecule has 1 aromatic rings. The Morgan fingerprint density at radius 2 is 2.07 bits per heavy atom. The van der Waals surface area contributed by atoms with Gasteiger partial charge >= 0.3 is 5.97 Å². The molecule has 0 aliphatic carbocycles. The number of rotatable bonds is 2. The van der Waals surface area contributed by atoms with Crippen LogP contribution in [0.5, 0.6) is 5.75 Å². The molecule has 0 aliphatic heterocycles. The smallest absolute Gasteiger partial charge is 0.338 e. The molecule has 0 aliphatic rings. The highest BCUT2D eigenvalue weighted by atomic mass is 16.5. The van der Waals surface area contributed by atoms with Gasteiger partial charge in [-0.3, -0.25) is 0 Å². The topological polar surface area (TPSA) is 46.5 Å². The summed E-state index contributed by atoms with van der Waals surface area (Å²) in [6.45, 7) is 1.72. The van der Waals surface area contributed by atoms with Crippen LogP contribution in [0.1, 0.15) is 12.5 Å². The maximum atomic E-state index is 11.3. The predicted octanol–water partition coefficient (Wildman–Crippen LogP) is 1.97. The zero-order valence-corrected chi connectivity index (χ0v) is 8.15. The summed E-state index contributed by atoms with van der Waals surface area (Å²) in [7, 11) is 1.31. The van der Waals surface area contributed by atoms with Crippen molar-refractivity contribution in [2.75, 3.05) is 7.11 Å². The van der Waals surface area contributed by atoms with Gasteiger partial charge in [0, 0.05) is 5.56 Å². The molecule has 0 atom stereocenters. The van der Waals surface area contributed by atoms with Crippen molar-refractivity contribution in [1.29, 1.82) is 0 Å². The van der Waals surface area contributed by atoms with E-state index in [1.165, 1.54) is 13.2 Å². The highest BCUT2D eigenvalue weighted by Crippen LogP contribution is 2.25. The Balaban J connectivity index is 3.15. The van der Waals surface area contributed by atoms with Gasteiger partial charge in [0.25, 0.3) is 0 Å². The fourth-order valence-corrected chi connectivity index (χ4v) is 1.19. The number of carbonyl (C=O) groups excluding carboxylic acids is 1. The summed E-state index contributed by atoms with van der Waals surface area (Å²) in [5.74, 6) is -0.375. The van der Waals surface area contributed by atoms with Gasteiger partial charge in [0.15, 0.2) is 0 Å². The lowest BCUT2D eigenvalue weighted by atomic mass is 10.1. The van der Waals surface area contributed by atoms with Crippen LogP contribution in [0.25, 0.3) is 5.57 Å². The van der Waals surface area contributed by atoms with Gasteiger partial charge in [-0.25, -0.2) is 4.79 Å². The standard InChI is InChI=1S/C11H12O3/c1-3-8(11(13)14-2)9-6-4-5-7-10(9)12/h3-7,12H,1-2H3. The molecule has 0 radical (unpaired) electrons. The van der Waals surface area contributed by atoms with Crippen molar-refractivity contribution in [3.8, 4) is 5.75 Å². The Morgan fingerprint density at radius 1 is 1.43 bits per heavy atom. The molecule has 0 fully saturated rings. The number of esters is 1. The van der Waals surface area contributed by atoms with E-state index in [0.717, 1.165) is 0 Å². The van der Waals surface area contributed by atoms with Crippen LogP contribution < -0.4 is 0 Å². The van der Waals surface area contributed by atoms with E-state index in [9.17, 15) is 9.90 Å². The number of aromatic hydroxyl groups is 1. The van der Waals surface area contributed by atoms with Crippen LogP contribution in [0.15, 0.2) is 30.3 Å². The third-order valence-electron chi connectivity index (χ3n) is 1.89. The van der Waals surface area contributed by atoms with Crippen LogP contribution in [-0.2, 0) is 9.53 Å². The van der Waals surface area contributed by atoms with Crippen molar-refractivity contribution in [3.63, 3.8) is 0 Å². The summed E-state index contributed by atoms with van der Waals surface area (Å²) in [4.78, 5) is 11.3. The molecule has 0 amide bonds.